The minimum atomic E-state index is -0.244. The summed E-state index contributed by atoms with van der Waals surface area (Å²) in [6, 6.07) is 5.47. The fourth-order valence-electron chi connectivity index (χ4n) is 3.32. The normalized spacial score (nSPS) is 14.8. The van der Waals surface area contributed by atoms with Gasteiger partial charge in [-0.2, -0.15) is 0 Å². The number of nitrogens with one attached hydrogen (secondary N) is 1. The molecule has 30 heavy (non-hydrogen) atoms. The van der Waals surface area contributed by atoms with E-state index >= 15 is 0 Å². The molecule has 1 amide bonds. The van der Waals surface area contributed by atoms with E-state index < -0.39 is 0 Å². The number of benzene rings is 1. The van der Waals surface area contributed by atoms with Crippen molar-refractivity contribution in [1.82, 2.24) is 14.9 Å². The Morgan fingerprint density at radius 3 is 2.27 bits per heavy atom. The van der Waals surface area contributed by atoms with Gasteiger partial charge < -0.3 is 24.6 Å². The maximum atomic E-state index is 12.5. The molecule has 0 radical (unpaired) electrons. The molecule has 0 spiro atoms. The van der Waals surface area contributed by atoms with Gasteiger partial charge in [0, 0.05) is 32.3 Å². The van der Waals surface area contributed by atoms with Crippen LogP contribution in [0.3, 0.4) is 0 Å². The third kappa shape index (κ3) is 5.07. The molecule has 3 rings (SSSR count). The van der Waals surface area contributed by atoms with Gasteiger partial charge in [0.25, 0.3) is 0 Å². The second-order valence-electron chi connectivity index (χ2n) is 7.30. The minimum absolute atomic E-state index is 0.244. The van der Waals surface area contributed by atoms with Crippen molar-refractivity contribution in [3.05, 3.63) is 41.2 Å². The highest BCUT2D eigenvalue weighted by Gasteiger charge is 2.19. The number of carbonyl (C=O) groups excluding carboxylic acids is 1. The third-order valence-electron chi connectivity index (χ3n) is 5.13. The Morgan fingerprint density at radius 2 is 1.67 bits per heavy atom. The van der Waals surface area contributed by atoms with Crippen LogP contribution in [0.1, 0.15) is 17.0 Å². The largest absolute Gasteiger partial charge is 0.493 e. The summed E-state index contributed by atoms with van der Waals surface area (Å²) >= 11 is 0. The van der Waals surface area contributed by atoms with Gasteiger partial charge in [-0.05, 0) is 44.7 Å². The lowest BCUT2D eigenvalue weighted by molar-refractivity contribution is -0.111. The molecule has 1 aromatic heterocycles. The highest BCUT2D eigenvalue weighted by molar-refractivity contribution is 6.02. The smallest absolute Gasteiger partial charge is 0.248 e. The summed E-state index contributed by atoms with van der Waals surface area (Å²) in [4.78, 5) is 26.2. The first-order valence-corrected chi connectivity index (χ1v) is 9.91. The average Bonchev–Trinajstić information content (AvgIpc) is 2.75. The van der Waals surface area contributed by atoms with Gasteiger partial charge in [-0.3, -0.25) is 4.79 Å². The summed E-state index contributed by atoms with van der Waals surface area (Å²) in [7, 11) is 5.28. The van der Waals surface area contributed by atoms with E-state index in [0.29, 0.717) is 17.2 Å². The second kappa shape index (κ2) is 9.58. The number of ether oxygens (including phenoxy) is 2. The number of carbonyl (C=O) groups is 1. The number of nitrogens with zero attached hydrogens (tertiary/aromatic N) is 4. The first kappa shape index (κ1) is 21.6. The minimum Gasteiger partial charge on any atom is -0.493 e. The number of amides is 1. The van der Waals surface area contributed by atoms with Crippen LogP contribution in [0.2, 0.25) is 0 Å². The van der Waals surface area contributed by atoms with E-state index in [-0.39, 0.29) is 5.91 Å². The number of rotatable bonds is 6. The Balaban J connectivity index is 1.70. The van der Waals surface area contributed by atoms with Crippen LogP contribution < -0.4 is 19.7 Å². The Morgan fingerprint density at radius 1 is 1.03 bits per heavy atom. The number of hydrogen-bond donors (Lipinski definition) is 1. The number of likely N-dealkylation sites (N-methyl/N-ethyl adjacent to an activating group) is 1. The van der Waals surface area contributed by atoms with E-state index in [0.717, 1.165) is 49.1 Å². The highest BCUT2D eigenvalue weighted by atomic mass is 16.5. The molecule has 1 fully saturated rings. The van der Waals surface area contributed by atoms with Gasteiger partial charge in [0.05, 0.1) is 31.3 Å². The molecule has 1 aliphatic rings. The number of aromatic nitrogens is 2. The second-order valence-corrected chi connectivity index (χ2v) is 7.30. The van der Waals surface area contributed by atoms with Crippen LogP contribution in [-0.2, 0) is 4.79 Å². The lowest BCUT2D eigenvalue weighted by atomic mass is 10.2. The average molecular weight is 412 g/mol. The van der Waals surface area contributed by atoms with E-state index in [1.807, 2.05) is 26.0 Å². The molecular weight excluding hydrogens is 382 g/mol. The SMILES string of the molecule is COc1ccc(/C=C/C(=O)Nc2c(C)nc(N3CCN(C)CC3)nc2C)cc1OC. The molecule has 0 unspecified atom stereocenters. The first-order valence-electron chi connectivity index (χ1n) is 9.91. The zero-order valence-electron chi connectivity index (χ0n) is 18.2. The zero-order valence-corrected chi connectivity index (χ0v) is 18.2. The van der Waals surface area contributed by atoms with Gasteiger partial charge in [-0.25, -0.2) is 9.97 Å². The van der Waals surface area contributed by atoms with Gasteiger partial charge >= 0.3 is 0 Å². The molecule has 1 aliphatic heterocycles. The fraction of sp³-hybridized carbons (Fsp3) is 0.409. The summed E-state index contributed by atoms with van der Waals surface area (Å²) in [5.41, 5.74) is 2.99. The van der Waals surface area contributed by atoms with Crippen molar-refractivity contribution in [2.45, 2.75) is 13.8 Å². The fourth-order valence-corrected chi connectivity index (χ4v) is 3.32. The Bertz CT molecular complexity index is 913. The molecule has 2 heterocycles. The van der Waals surface area contributed by atoms with Crippen LogP contribution in [0.15, 0.2) is 24.3 Å². The van der Waals surface area contributed by atoms with Crippen LogP contribution in [-0.4, -0.2) is 68.2 Å². The monoisotopic (exact) mass is 411 g/mol. The van der Waals surface area contributed by atoms with E-state index in [9.17, 15) is 4.79 Å². The van der Waals surface area contributed by atoms with Crippen molar-refractivity contribution >= 4 is 23.6 Å². The molecular formula is C22H29N5O3. The molecule has 160 valence electrons. The summed E-state index contributed by atoms with van der Waals surface area (Å²) in [5, 5.41) is 2.90. The highest BCUT2D eigenvalue weighted by Crippen LogP contribution is 2.28. The molecule has 8 heteroatoms. The molecule has 8 nitrogen and oxygen atoms in total. The van der Waals surface area contributed by atoms with Crippen LogP contribution in [0, 0.1) is 13.8 Å². The predicted octanol–water partition coefficient (Wildman–Crippen LogP) is 2.51. The number of piperazine rings is 1. The maximum absolute atomic E-state index is 12.5. The van der Waals surface area contributed by atoms with Crippen molar-refractivity contribution in [1.29, 1.82) is 0 Å². The third-order valence-corrected chi connectivity index (χ3v) is 5.13. The maximum Gasteiger partial charge on any atom is 0.248 e. The quantitative estimate of drug-likeness (QED) is 0.732. The number of anilines is 2. The summed E-state index contributed by atoms with van der Waals surface area (Å²) in [6.07, 6.45) is 3.20. The van der Waals surface area contributed by atoms with Gasteiger partial charge in [0.1, 0.15) is 0 Å². The predicted molar refractivity (Wildman–Crippen MR) is 118 cm³/mol. The Hall–Kier alpha value is -3.13. The number of methoxy groups -OCH3 is 2. The molecule has 0 bridgehead atoms. The topological polar surface area (TPSA) is 79.8 Å². The lowest BCUT2D eigenvalue weighted by Gasteiger charge is -2.32. The van der Waals surface area contributed by atoms with Crippen molar-refractivity contribution in [3.8, 4) is 11.5 Å². The van der Waals surface area contributed by atoms with E-state index in [1.165, 1.54) is 6.08 Å². The zero-order chi connectivity index (χ0) is 21.7. The summed E-state index contributed by atoms with van der Waals surface area (Å²) < 4.78 is 10.5. The van der Waals surface area contributed by atoms with E-state index in [4.69, 9.17) is 9.47 Å². The summed E-state index contributed by atoms with van der Waals surface area (Å²) in [5.74, 6) is 1.73. The molecule has 2 aromatic rings. The van der Waals surface area contributed by atoms with Crippen LogP contribution >= 0.6 is 0 Å². The van der Waals surface area contributed by atoms with Crippen molar-refractivity contribution in [2.24, 2.45) is 0 Å². The Labute approximate surface area is 177 Å². The molecule has 0 atom stereocenters. The van der Waals surface area contributed by atoms with E-state index in [2.05, 4.69) is 32.1 Å². The van der Waals surface area contributed by atoms with Crippen molar-refractivity contribution in [2.75, 3.05) is 57.7 Å². The first-order chi connectivity index (χ1) is 14.4. The van der Waals surface area contributed by atoms with E-state index in [1.54, 1.807) is 26.4 Å². The number of aryl methyl sites for hydroxylation is 2. The van der Waals surface area contributed by atoms with Crippen molar-refractivity contribution < 1.29 is 14.3 Å². The van der Waals surface area contributed by atoms with Gasteiger partial charge in [-0.15, -0.1) is 0 Å². The lowest BCUT2D eigenvalue weighted by Crippen LogP contribution is -2.45. The van der Waals surface area contributed by atoms with Crippen LogP contribution in [0.4, 0.5) is 11.6 Å². The molecule has 0 saturated carbocycles. The van der Waals surface area contributed by atoms with Crippen LogP contribution in [0.25, 0.3) is 6.08 Å². The molecule has 1 aromatic carbocycles. The van der Waals surface area contributed by atoms with Crippen LogP contribution in [0.5, 0.6) is 11.5 Å². The summed E-state index contributed by atoms with van der Waals surface area (Å²) in [6.45, 7) is 7.55. The molecule has 1 saturated heterocycles. The standard InChI is InChI=1S/C22H29N5O3/c1-15-21(16(2)24-22(23-15)27-12-10-26(3)11-13-27)25-20(28)9-7-17-6-8-18(29-4)19(14-17)30-5/h6-9,14H,10-13H2,1-5H3,(H,25,28)/b9-7+. The molecule has 0 aliphatic carbocycles. The van der Waals surface area contributed by atoms with Gasteiger partial charge in [0.2, 0.25) is 11.9 Å². The van der Waals surface area contributed by atoms with Crippen molar-refractivity contribution in [3.63, 3.8) is 0 Å². The number of hydrogen-bond acceptors (Lipinski definition) is 7. The molecule has 1 N–H and O–H groups in total. The Kier molecular flexibility index (Phi) is 6.89. The van der Waals surface area contributed by atoms with Gasteiger partial charge in [0.15, 0.2) is 11.5 Å². The van der Waals surface area contributed by atoms with Gasteiger partial charge in [-0.1, -0.05) is 6.07 Å².